The van der Waals surface area contributed by atoms with E-state index in [-0.39, 0.29) is 24.4 Å². The third-order valence-electron chi connectivity index (χ3n) is 3.71. The maximum atomic E-state index is 12.3. The topological polar surface area (TPSA) is 98.7 Å². The maximum Gasteiger partial charge on any atom is 0.318 e. The molecule has 0 aromatic rings. The number of amides is 3. The molecule has 7 heteroatoms. The summed E-state index contributed by atoms with van der Waals surface area (Å²) < 4.78 is 0. The molecule has 1 saturated heterocycles. The van der Waals surface area contributed by atoms with Crippen molar-refractivity contribution in [2.45, 2.75) is 57.5 Å². The molecule has 0 bridgehead atoms. The van der Waals surface area contributed by atoms with Gasteiger partial charge in [-0.25, -0.2) is 4.79 Å². The lowest BCUT2D eigenvalue weighted by Crippen LogP contribution is -2.55. The Morgan fingerprint density at radius 1 is 1.33 bits per heavy atom. The Bertz CT molecular complexity index is 386. The molecule has 0 spiro atoms. The first kappa shape index (κ1) is 17.3. The van der Waals surface area contributed by atoms with E-state index in [1.54, 1.807) is 11.9 Å². The number of hydrogen-bond acceptors (Lipinski definition) is 3. The summed E-state index contributed by atoms with van der Waals surface area (Å²) in [5.74, 6) is -0.965. The second-order valence-corrected chi connectivity index (χ2v) is 5.46. The summed E-state index contributed by atoms with van der Waals surface area (Å²) in [4.78, 5) is 36.1. The lowest BCUT2D eigenvalue weighted by atomic mass is 10.0. The lowest BCUT2D eigenvalue weighted by molar-refractivity contribution is -0.137. The van der Waals surface area contributed by atoms with Crippen LogP contribution < -0.4 is 10.6 Å². The first-order chi connectivity index (χ1) is 9.95. The van der Waals surface area contributed by atoms with Crippen LogP contribution in [0.5, 0.6) is 0 Å². The minimum Gasteiger partial charge on any atom is -0.481 e. The molecule has 7 nitrogen and oxygen atoms in total. The van der Waals surface area contributed by atoms with Gasteiger partial charge in [0.2, 0.25) is 5.91 Å². The summed E-state index contributed by atoms with van der Waals surface area (Å²) in [6.45, 7) is 2.42. The number of urea groups is 1. The van der Waals surface area contributed by atoms with Gasteiger partial charge in [0.05, 0.1) is 0 Å². The zero-order chi connectivity index (χ0) is 15.8. The maximum absolute atomic E-state index is 12.3. The number of hydrogen-bond donors (Lipinski definition) is 3. The van der Waals surface area contributed by atoms with Crippen molar-refractivity contribution >= 4 is 17.9 Å². The molecular formula is C14H25N3O4. The number of aliphatic carboxylic acids is 1. The van der Waals surface area contributed by atoms with Crippen molar-refractivity contribution in [1.29, 1.82) is 0 Å². The molecule has 1 aliphatic heterocycles. The van der Waals surface area contributed by atoms with Crippen molar-refractivity contribution in [3.8, 4) is 0 Å². The number of carboxylic acid groups (broad SMARTS) is 1. The van der Waals surface area contributed by atoms with Crippen LogP contribution in [0.1, 0.15) is 45.4 Å². The van der Waals surface area contributed by atoms with Gasteiger partial charge < -0.3 is 20.6 Å². The van der Waals surface area contributed by atoms with Crippen LogP contribution >= 0.6 is 0 Å². The minimum absolute atomic E-state index is 0.102. The van der Waals surface area contributed by atoms with Crippen molar-refractivity contribution in [1.82, 2.24) is 15.5 Å². The molecule has 2 unspecified atom stereocenters. The number of nitrogens with one attached hydrogen (secondary N) is 2. The van der Waals surface area contributed by atoms with Crippen molar-refractivity contribution in [2.24, 2.45) is 0 Å². The zero-order valence-electron chi connectivity index (χ0n) is 12.7. The average molecular weight is 299 g/mol. The van der Waals surface area contributed by atoms with Crippen LogP contribution in [0.15, 0.2) is 0 Å². The molecule has 0 aromatic carbocycles. The van der Waals surface area contributed by atoms with E-state index >= 15 is 0 Å². The molecule has 3 amide bonds. The van der Waals surface area contributed by atoms with Gasteiger partial charge >= 0.3 is 12.0 Å². The van der Waals surface area contributed by atoms with Crippen LogP contribution in [0, 0.1) is 0 Å². The average Bonchev–Trinajstić information content (AvgIpc) is 2.45. The number of piperidine rings is 1. The number of nitrogens with zero attached hydrogens (tertiary/aromatic N) is 1. The summed E-state index contributed by atoms with van der Waals surface area (Å²) in [5, 5.41) is 14.0. The zero-order valence-corrected chi connectivity index (χ0v) is 12.7. The van der Waals surface area contributed by atoms with Crippen molar-refractivity contribution in [3.63, 3.8) is 0 Å². The monoisotopic (exact) mass is 299 g/mol. The smallest absolute Gasteiger partial charge is 0.318 e. The third-order valence-corrected chi connectivity index (χ3v) is 3.71. The number of carbonyl (C=O) groups is 3. The van der Waals surface area contributed by atoms with Gasteiger partial charge in [0.1, 0.15) is 6.04 Å². The van der Waals surface area contributed by atoms with E-state index in [9.17, 15) is 14.4 Å². The first-order valence-corrected chi connectivity index (χ1v) is 7.46. The molecule has 2 atom stereocenters. The van der Waals surface area contributed by atoms with Crippen LogP contribution in [-0.4, -0.2) is 53.6 Å². The number of likely N-dealkylation sites (N-methyl/N-ethyl adjacent to an activating group) is 1. The van der Waals surface area contributed by atoms with E-state index in [1.165, 1.54) is 0 Å². The Morgan fingerprint density at radius 2 is 2.05 bits per heavy atom. The Labute approximate surface area is 125 Å². The normalized spacial score (nSPS) is 19.7. The highest BCUT2D eigenvalue weighted by atomic mass is 16.4. The molecule has 0 saturated carbocycles. The second kappa shape index (κ2) is 8.49. The van der Waals surface area contributed by atoms with E-state index in [4.69, 9.17) is 5.11 Å². The third kappa shape index (κ3) is 5.61. The van der Waals surface area contributed by atoms with Crippen LogP contribution in [-0.2, 0) is 9.59 Å². The molecule has 1 heterocycles. The fourth-order valence-corrected chi connectivity index (χ4v) is 2.54. The molecule has 1 fully saturated rings. The van der Waals surface area contributed by atoms with Gasteiger partial charge in [0, 0.05) is 26.1 Å². The molecule has 0 aliphatic carbocycles. The Kier molecular flexibility index (Phi) is 6.98. The number of carboxylic acids is 1. The molecule has 0 radical (unpaired) electrons. The van der Waals surface area contributed by atoms with Crippen molar-refractivity contribution in [2.75, 3.05) is 13.6 Å². The molecule has 0 aromatic heterocycles. The Balaban J connectivity index is 2.47. The summed E-state index contributed by atoms with van der Waals surface area (Å²) in [5.41, 5.74) is 0. The van der Waals surface area contributed by atoms with E-state index in [0.29, 0.717) is 25.8 Å². The Morgan fingerprint density at radius 3 is 2.67 bits per heavy atom. The van der Waals surface area contributed by atoms with Gasteiger partial charge in [-0.1, -0.05) is 0 Å². The van der Waals surface area contributed by atoms with E-state index in [2.05, 4.69) is 10.6 Å². The predicted molar refractivity (Wildman–Crippen MR) is 77.9 cm³/mol. The largest absolute Gasteiger partial charge is 0.481 e. The standard InChI is InChI=1S/C14H25N3O4/c1-10(6-5-8-12(18)19)16-14(21)17-9-4-3-7-11(17)13(20)15-2/h10-11H,3-9H2,1-2H3,(H,15,20)(H,16,21)(H,18,19). The van der Waals surface area contributed by atoms with E-state index < -0.39 is 12.0 Å². The fraction of sp³-hybridized carbons (Fsp3) is 0.786. The second-order valence-electron chi connectivity index (χ2n) is 5.46. The quantitative estimate of drug-likeness (QED) is 0.679. The van der Waals surface area contributed by atoms with Crippen LogP contribution in [0.4, 0.5) is 4.79 Å². The van der Waals surface area contributed by atoms with E-state index in [0.717, 1.165) is 12.8 Å². The summed E-state index contributed by atoms with van der Waals surface area (Å²) >= 11 is 0. The highest BCUT2D eigenvalue weighted by molar-refractivity contribution is 5.87. The lowest BCUT2D eigenvalue weighted by Gasteiger charge is -2.35. The SMILES string of the molecule is CNC(=O)C1CCCCN1C(=O)NC(C)CCCC(=O)O. The number of carbonyl (C=O) groups excluding carboxylic acids is 2. The highest BCUT2D eigenvalue weighted by Gasteiger charge is 2.31. The van der Waals surface area contributed by atoms with E-state index in [1.807, 2.05) is 6.92 Å². The first-order valence-electron chi connectivity index (χ1n) is 7.46. The predicted octanol–water partition coefficient (Wildman–Crippen LogP) is 0.940. The Hall–Kier alpha value is -1.79. The van der Waals surface area contributed by atoms with Gasteiger partial charge in [-0.2, -0.15) is 0 Å². The van der Waals surface area contributed by atoms with Crippen molar-refractivity contribution in [3.05, 3.63) is 0 Å². The number of likely N-dealkylation sites (tertiary alicyclic amines) is 1. The molecular weight excluding hydrogens is 274 g/mol. The van der Waals surface area contributed by atoms with Gasteiger partial charge in [-0.05, 0) is 39.0 Å². The van der Waals surface area contributed by atoms with Gasteiger partial charge in [0.15, 0.2) is 0 Å². The molecule has 3 N–H and O–H groups in total. The molecule has 21 heavy (non-hydrogen) atoms. The molecule has 1 rings (SSSR count). The molecule has 120 valence electrons. The summed E-state index contributed by atoms with van der Waals surface area (Å²) in [6, 6.07) is -0.759. The molecule has 1 aliphatic rings. The minimum atomic E-state index is -0.829. The van der Waals surface area contributed by atoms with Crippen molar-refractivity contribution < 1.29 is 19.5 Å². The van der Waals surface area contributed by atoms with Gasteiger partial charge in [0.25, 0.3) is 0 Å². The van der Waals surface area contributed by atoms with Gasteiger partial charge in [-0.3, -0.25) is 9.59 Å². The van der Waals surface area contributed by atoms with Gasteiger partial charge in [-0.15, -0.1) is 0 Å². The fourth-order valence-electron chi connectivity index (χ4n) is 2.54. The van der Waals surface area contributed by atoms with Crippen LogP contribution in [0.25, 0.3) is 0 Å². The highest BCUT2D eigenvalue weighted by Crippen LogP contribution is 2.17. The van der Waals surface area contributed by atoms with Crippen LogP contribution in [0.3, 0.4) is 0 Å². The summed E-state index contributed by atoms with van der Waals surface area (Å²) in [6.07, 6.45) is 3.75. The number of rotatable bonds is 6. The summed E-state index contributed by atoms with van der Waals surface area (Å²) in [7, 11) is 1.57. The van der Waals surface area contributed by atoms with Crippen LogP contribution in [0.2, 0.25) is 0 Å².